The molecule has 0 amide bonds. The molecule has 0 bridgehead atoms. The molecule has 1 atom stereocenters. The molecule has 29 heavy (non-hydrogen) atoms. The third kappa shape index (κ3) is 4.24. The minimum Gasteiger partial charge on any atom is -0.497 e. The summed E-state index contributed by atoms with van der Waals surface area (Å²) in [4.78, 5) is 0. The molecule has 8 nitrogen and oxygen atoms in total. The highest BCUT2D eigenvalue weighted by molar-refractivity contribution is 7.88. The van der Waals surface area contributed by atoms with Crippen molar-refractivity contribution in [1.29, 1.82) is 0 Å². The zero-order chi connectivity index (χ0) is 21.2. The molecule has 0 spiro atoms. The lowest BCUT2D eigenvalue weighted by atomic mass is 9.98. The van der Waals surface area contributed by atoms with E-state index >= 15 is 0 Å². The van der Waals surface area contributed by atoms with Gasteiger partial charge in [-0.1, -0.05) is 0 Å². The van der Waals surface area contributed by atoms with Crippen LogP contribution in [0, 0.1) is 0 Å². The molecule has 3 rings (SSSR count). The Kier molecular flexibility index (Phi) is 5.88. The van der Waals surface area contributed by atoms with E-state index in [1.165, 1.54) is 0 Å². The Labute approximate surface area is 170 Å². The molecular formula is C20H24N2O6S. The van der Waals surface area contributed by atoms with Gasteiger partial charge in [-0.3, -0.25) is 0 Å². The molecular weight excluding hydrogens is 396 g/mol. The first kappa shape index (κ1) is 20.8. The highest BCUT2D eigenvalue weighted by Gasteiger charge is 2.35. The van der Waals surface area contributed by atoms with Gasteiger partial charge in [-0.15, -0.1) is 0 Å². The summed E-state index contributed by atoms with van der Waals surface area (Å²) >= 11 is 0. The Bertz CT molecular complexity index is 1010. The third-order valence-electron chi connectivity index (χ3n) is 4.69. The quantitative estimate of drug-likeness (QED) is 0.685. The fourth-order valence-electron chi connectivity index (χ4n) is 3.25. The molecule has 1 heterocycles. The van der Waals surface area contributed by atoms with Gasteiger partial charge in [0.1, 0.15) is 11.5 Å². The topological polar surface area (TPSA) is 86.7 Å². The smallest absolute Gasteiger partial charge is 0.247 e. The lowest BCUT2D eigenvalue weighted by Gasteiger charge is -2.22. The molecule has 0 radical (unpaired) electrons. The SMILES string of the molecule is COc1cc(OC)cc(C2CC(c3ccc(OC)c(OC)c3)=NN2S(C)(=O)=O)c1. The first-order valence-electron chi connectivity index (χ1n) is 8.83. The number of rotatable bonds is 7. The van der Waals surface area contributed by atoms with Gasteiger partial charge in [0.15, 0.2) is 11.5 Å². The number of ether oxygens (including phenoxy) is 4. The molecule has 1 unspecified atom stereocenters. The van der Waals surface area contributed by atoms with Crippen LogP contribution in [0.4, 0.5) is 0 Å². The largest absolute Gasteiger partial charge is 0.497 e. The average Bonchev–Trinajstić information content (AvgIpc) is 3.19. The van der Waals surface area contributed by atoms with Gasteiger partial charge < -0.3 is 18.9 Å². The molecule has 2 aromatic carbocycles. The van der Waals surface area contributed by atoms with E-state index in [-0.39, 0.29) is 0 Å². The lowest BCUT2D eigenvalue weighted by molar-refractivity contribution is 0.355. The summed E-state index contributed by atoms with van der Waals surface area (Å²) < 4.78 is 47.3. The van der Waals surface area contributed by atoms with E-state index in [0.717, 1.165) is 21.8 Å². The molecule has 0 saturated heterocycles. The van der Waals surface area contributed by atoms with E-state index in [1.54, 1.807) is 58.8 Å². The summed E-state index contributed by atoms with van der Waals surface area (Å²) in [5, 5.41) is 4.41. The second-order valence-corrected chi connectivity index (χ2v) is 8.36. The van der Waals surface area contributed by atoms with Crippen LogP contribution in [0.2, 0.25) is 0 Å². The van der Waals surface area contributed by atoms with Gasteiger partial charge in [0.05, 0.1) is 46.4 Å². The Hall–Kier alpha value is -2.94. The van der Waals surface area contributed by atoms with Crippen LogP contribution in [0.3, 0.4) is 0 Å². The Balaban J connectivity index is 2.04. The van der Waals surface area contributed by atoms with Crippen molar-refractivity contribution in [1.82, 2.24) is 4.41 Å². The van der Waals surface area contributed by atoms with E-state index in [4.69, 9.17) is 18.9 Å². The number of hydrazone groups is 1. The van der Waals surface area contributed by atoms with Gasteiger partial charge in [-0.2, -0.15) is 9.52 Å². The summed E-state index contributed by atoms with van der Waals surface area (Å²) in [6.45, 7) is 0. The summed E-state index contributed by atoms with van der Waals surface area (Å²) in [5.74, 6) is 2.29. The second kappa shape index (κ2) is 8.20. The van der Waals surface area contributed by atoms with E-state index < -0.39 is 16.1 Å². The first-order chi connectivity index (χ1) is 13.8. The van der Waals surface area contributed by atoms with Crippen LogP contribution in [0.1, 0.15) is 23.6 Å². The van der Waals surface area contributed by atoms with Crippen LogP contribution in [0.25, 0.3) is 0 Å². The average molecular weight is 420 g/mol. The second-order valence-electron chi connectivity index (χ2n) is 6.52. The van der Waals surface area contributed by atoms with Crippen LogP contribution >= 0.6 is 0 Å². The van der Waals surface area contributed by atoms with Crippen LogP contribution in [-0.2, 0) is 10.0 Å². The molecule has 1 aliphatic rings. The van der Waals surface area contributed by atoms with Crippen LogP contribution < -0.4 is 18.9 Å². The summed E-state index contributed by atoms with van der Waals surface area (Å²) in [6.07, 6.45) is 1.53. The molecule has 0 fully saturated rings. The summed E-state index contributed by atoms with van der Waals surface area (Å²) in [5.41, 5.74) is 2.11. The highest BCUT2D eigenvalue weighted by atomic mass is 32.2. The van der Waals surface area contributed by atoms with Crippen molar-refractivity contribution in [3.05, 3.63) is 47.5 Å². The van der Waals surface area contributed by atoms with Gasteiger partial charge in [0.2, 0.25) is 10.0 Å². The lowest BCUT2D eigenvalue weighted by Crippen LogP contribution is -2.26. The van der Waals surface area contributed by atoms with E-state index in [1.807, 2.05) is 6.07 Å². The van der Waals surface area contributed by atoms with Crippen molar-refractivity contribution in [2.24, 2.45) is 5.10 Å². The maximum atomic E-state index is 12.4. The zero-order valence-corrected chi connectivity index (χ0v) is 17.8. The van der Waals surface area contributed by atoms with Crippen molar-refractivity contribution in [2.45, 2.75) is 12.5 Å². The van der Waals surface area contributed by atoms with E-state index in [0.29, 0.717) is 35.1 Å². The van der Waals surface area contributed by atoms with Crippen molar-refractivity contribution in [3.8, 4) is 23.0 Å². The Morgan fingerprint density at radius 2 is 1.52 bits per heavy atom. The summed E-state index contributed by atoms with van der Waals surface area (Å²) in [6, 6.07) is 10.2. The predicted octanol–water partition coefficient (Wildman–Crippen LogP) is 2.83. The Morgan fingerprint density at radius 3 is 2.03 bits per heavy atom. The first-order valence-corrected chi connectivity index (χ1v) is 10.7. The third-order valence-corrected chi connectivity index (χ3v) is 5.70. The number of benzene rings is 2. The van der Waals surface area contributed by atoms with Crippen molar-refractivity contribution in [2.75, 3.05) is 34.7 Å². The molecule has 156 valence electrons. The van der Waals surface area contributed by atoms with E-state index in [9.17, 15) is 8.42 Å². The zero-order valence-electron chi connectivity index (χ0n) is 17.0. The van der Waals surface area contributed by atoms with Gasteiger partial charge in [0.25, 0.3) is 0 Å². The van der Waals surface area contributed by atoms with E-state index in [2.05, 4.69) is 5.10 Å². The maximum absolute atomic E-state index is 12.4. The van der Waals surface area contributed by atoms with Crippen LogP contribution in [0.5, 0.6) is 23.0 Å². The van der Waals surface area contributed by atoms with Gasteiger partial charge in [0, 0.05) is 18.1 Å². The number of methoxy groups -OCH3 is 4. The highest BCUT2D eigenvalue weighted by Crippen LogP contribution is 2.39. The van der Waals surface area contributed by atoms with Crippen molar-refractivity contribution >= 4 is 15.7 Å². The Morgan fingerprint density at radius 1 is 0.897 bits per heavy atom. The van der Waals surface area contributed by atoms with Crippen LogP contribution in [-0.4, -0.2) is 53.2 Å². The molecule has 0 aromatic heterocycles. The maximum Gasteiger partial charge on any atom is 0.247 e. The molecule has 9 heteroatoms. The monoisotopic (exact) mass is 420 g/mol. The number of nitrogens with zero attached hydrogens (tertiary/aromatic N) is 2. The van der Waals surface area contributed by atoms with Gasteiger partial charge >= 0.3 is 0 Å². The fraction of sp³-hybridized carbons (Fsp3) is 0.350. The minimum atomic E-state index is -3.60. The molecule has 2 aromatic rings. The molecule has 1 aliphatic heterocycles. The number of hydrogen-bond donors (Lipinski definition) is 0. The summed E-state index contributed by atoms with van der Waals surface area (Å²) in [7, 11) is 2.60. The standard InChI is InChI=1S/C20H24N2O6S/c1-25-15-8-14(9-16(11-15)26-2)18-12-17(21-22(18)29(5,23)24)13-6-7-19(27-3)20(10-13)28-4/h6-11,18H,12H2,1-5H3. The molecule has 0 saturated carbocycles. The van der Waals surface area contributed by atoms with Crippen LogP contribution in [0.15, 0.2) is 41.5 Å². The number of hydrogen-bond acceptors (Lipinski definition) is 7. The van der Waals surface area contributed by atoms with Gasteiger partial charge in [-0.05, 0) is 35.9 Å². The molecule has 0 aliphatic carbocycles. The molecule has 0 N–H and O–H groups in total. The predicted molar refractivity (Wildman–Crippen MR) is 110 cm³/mol. The normalized spacial score (nSPS) is 16.4. The van der Waals surface area contributed by atoms with Crippen molar-refractivity contribution < 1.29 is 27.4 Å². The number of sulfonamides is 1. The van der Waals surface area contributed by atoms with Crippen molar-refractivity contribution in [3.63, 3.8) is 0 Å². The minimum absolute atomic E-state index is 0.388. The fourth-order valence-corrected chi connectivity index (χ4v) is 4.16. The van der Waals surface area contributed by atoms with Gasteiger partial charge in [-0.25, -0.2) is 8.42 Å².